The predicted octanol–water partition coefficient (Wildman–Crippen LogP) is 2.69. The van der Waals surface area contributed by atoms with Gasteiger partial charge in [0.25, 0.3) is 0 Å². The monoisotopic (exact) mass is 328 g/mol. The molecule has 2 aliphatic rings. The minimum atomic E-state index is -0.193. The quantitative estimate of drug-likeness (QED) is 0.904. The van der Waals surface area contributed by atoms with Gasteiger partial charge >= 0.3 is 0 Å². The molecule has 2 N–H and O–H groups in total. The Kier molecular flexibility index (Phi) is 5.69. The van der Waals surface area contributed by atoms with Gasteiger partial charge in [0.05, 0.1) is 12.0 Å². The number of amides is 1. The van der Waals surface area contributed by atoms with Crippen LogP contribution in [-0.2, 0) is 9.53 Å². The van der Waals surface area contributed by atoms with E-state index in [4.69, 9.17) is 10.5 Å². The zero-order chi connectivity index (χ0) is 16.9. The van der Waals surface area contributed by atoms with E-state index in [-0.39, 0.29) is 17.9 Å². The number of nitrogens with two attached hydrogens (primary N) is 1. The van der Waals surface area contributed by atoms with E-state index in [1.165, 1.54) is 11.1 Å². The maximum atomic E-state index is 11.6. The molecule has 130 valence electrons. The molecule has 0 bridgehead atoms. The van der Waals surface area contributed by atoms with Crippen LogP contribution in [0.4, 0.5) is 0 Å². The van der Waals surface area contributed by atoms with Gasteiger partial charge in [0.2, 0.25) is 5.91 Å². The number of piperidine rings is 1. The smallest absolute Gasteiger partial charge is 0.223 e. The van der Waals surface area contributed by atoms with Crippen molar-refractivity contribution in [3.63, 3.8) is 0 Å². The van der Waals surface area contributed by atoms with E-state index in [1.54, 1.807) is 0 Å². The Morgan fingerprint density at radius 1 is 1.25 bits per heavy atom. The van der Waals surface area contributed by atoms with Crippen LogP contribution in [0.3, 0.4) is 0 Å². The maximum Gasteiger partial charge on any atom is 0.223 e. The third-order valence-corrected chi connectivity index (χ3v) is 5.28. The average molecular weight is 328 g/mol. The Morgan fingerprint density at radius 3 is 2.62 bits per heavy atom. The number of nitrogens with zero attached hydrogens (tertiary/aromatic N) is 1. The van der Waals surface area contributed by atoms with Gasteiger partial charge in [-0.25, -0.2) is 0 Å². The summed E-state index contributed by atoms with van der Waals surface area (Å²) < 4.78 is 5.83. The number of rotatable bonds is 5. The molecule has 4 heteroatoms. The van der Waals surface area contributed by atoms with Gasteiger partial charge in [0, 0.05) is 13.2 Å². The summed E-state index contributed by atoms with van der Waals surface area (Å²) >= 11 is 0. The number of primary amides is 1. The van der Waals surface area contributed by atoms with Crippen LogP contribution in [0.25, 0.3) is 6.08 Å². The van der Waals surface area contributed by atoms with Gasteiger partial charge in [-0.1, -0.05) is 42.0 Å². The molecule has 2 heterocycles. The van der Waals surface area contributed by atoms with Gasteiger partial charge < -0.3 is 10.5 Å². The van der Waals surface area contributed by atoms with Crippen LogP contribution in [0.2, 0.25) is 0 Å². The van der Waals surface area contributed by atoms with Gasteiger partial charge in [-0.3, -0.25) is 9.69 Å². The van der Waals surface area contributed by atoms with Gasteiger partial charge in [-0.05, 0) is 50.8 Å². The van der Waals surface area contributed by atoms with Crippen molar-refractivity contribution in [1.82, 2.24) is 4.90 Å². The van der Waals surface area contributed by atoms with Crippen molar-refractivity contribution >= 4 is 12.0 Å². The average Bonchev–Trinajstić information content (AvgIpc) is 3.06. The normalized spacial score (nSPS) is 26.6. The highest BCUT2D eigenvalue weighted by molar-refractivity contribution is 5.77. The summed E-state index contributed by atoms with van der Waals surface area (Å²) in [6.45, 7) is 6.01. The van der Waals surface area contributed by atoms with Gasteiger partial charge in [0.15, 0.2) is 0 Å². The largest absolute Gasteiger partial charge is 0.377 e. The number of likely N-dealkylation sites (tertiary alicyclic amines) is 1. The molecule has 2 atom stereocenters. The summed E-state index contributed by atoms with van der Waals surface area (Å²) in [4.78, 5) is 14.1. The Hall–Kier alpha value is -1.65. The van der Waals surface area contributed by atoms with Crippen LogP contribution < -0.4 is 5.73 Å². The molecule has 0 radical (unpaired) electrons. The van der Waals surface area contributed by atoms with Crippen molar-refractivity contribution in [2.75, 3.05) is 26.2 Å². The first-order chi connectivity index (χ1) is 11.6. The minimum absolute atomic E-state index is 0.0469. The number of ether oxygens (including phenoxy) is 1. The lowest BCUT2D eigenvalue weighted by molar-refractivity contribution is -0.124. The van der Waals surface area contributed by atoms with Crippen molar-refractivity contribution in [1.29, 1.82) is 0 Å². The summed E-state index contributed by atoms with van der Waals surface area (Å²) in [6, 6.07) is 10.5. The summed E-state index contributed by atoms with van der Waals surface area (Å²) in [5.74, 6) is 0.197. The van der Waals surface area contributed by atoms with E-state index in [0.717, 1.165) is 38.9 Å². The molecular weight excluding hydrogens is 300 g/mol. The van der Waals surface area contributed by atoms with Crippen molar-refractivity contribution < 1.29 is 9.53 Å². The molecule has 1 aromatic carbocycles. The van der Waals surface area contributed by atoms with E-state index in [2.05, 4.69) is 42.2 Å². The molecule has 3 rings (SSSR count). The molecule has 0 aliphatic carbocycles. The molecule has 4 nitrogen and oxygen atoms in total. The fourth-order valence-electron chi connectivity index (χ4n) is 4.05. The highest BCUT2D eigenvalue weighted by Gasteiger charge is 2.39. The van der Waals surface area contributed by atoms with Crippen LogP contribution in [-0.4, -0.2) is 43.2 Å². The van der Waals surface area contributed by atoms with Crippen LogP contribution in [0.1, 0.15) is 31.7 Å². The molecule has 2 saturated heterocycles. The second-order valence-electron chi connectivity index (χ2n) is 7.15. The van der Waals surface area contributed by atoms with Crippen molar-refractivity contribution in [2.45, 2.75) is 32.3 Å². The standard InChI is InChI=1S/C20H28N2O2/c1-15(13-16-5-3-2-4-6-16)14-22-10-7-17(8-11-22)19-18(20(21)23)9-12-24-19/h2-6,13,17-19H,7-12,14H2,1H3,(H2,21,23)/t18-,19+/m0/s1. The van der Waals surface area contributed by atoms with Crippen LogP contribution in [0.5, 0.6) is 0 Å². The number of hydrogen-bond acceptors (Lipinski definition) is 3. The van der Waals surface area contributed by atoms with E-state index >= 15 is 0 Å². The fraction of sp³-hybridized carbons (Fsp3) is 0.550. The summed E-state index contributed by atoms with van der Waals surface area (Å²) in [6.07, 6.45) is 5.28. The molecule has 0 aromatic heterocycles. The molecule has 2 aliphatic heterocycles. The van der Waals surface area contributed by atoms with E-state index < -0.39 is 0 Å². The third-order valence-electron chi connectivity index (χ3n) is 5.28. The van der Waals surface area contributed by atoms with Gasteiger partial charge in [-0.15, -0.1) is 0 Å². The van der Waals surface area contributed by atoms with Crippen LogP contribution in [0, 0.1) is 11.8 Å². The third kappa shape index (κ3) is 4.25. The Morgan fingerprint density at radius 2 is 1.96 bits per heavy atom. The molecular formula is C20H28N2O2. The fourth-order valence-corrected chi connectivity index (χ4v) is 4.05. The minimum Gasteiger partial charge on any atom is -0.377 e. The highest BCUT2D eigenvalue weighted by Crippen LogP contribution is 2.33. The van der Waals surface area contributed by atoms with Crippen molar-refractivity contribution in [3.8, 4) is 0 Å². The van der Waals surface area contributed by atoms with E-state index in [0.29, 0.717) is 12.5 Å². The number of hydrogen-bond donors (Lipinski definition) is 1. The lowest BCUT2D eigenvalue weighted by atomic mass is 9.84. The Balaban J connectivity index is 1.50. The number of carbonyl (C=O) groups is 1. The maximum absolute atomic E-state index is 11.6. The second-order valence-corrected chi connectivity index (χ2v) is 7.15. The molecule has 2 fully saturated rings. The van der Waals surface area contributed by atoms with Gasteiger partial charge in [0.1, 0.15) is 0 Å². The van der Waals surface area contributed by atoms with Crippen molar-refractivity contribution in [3.05, 3.63) is 41.5 Å². The lowest BCUT2D eigenvalue weighted by Gasteiger charge is -2.35. The Labute approximate surface area is 144 Å². The number of carbonyl (C=O) groups excluding carboxylic acids is 1. The molecule has 0 spiro atoms. The zero-order valence-corrected chi connectivity index (χ0v) is 14.5. The first-order valence-corrected chi connectivity index (χ1v) is 8.99. The summed E-state index contributed by atoms with van der Waals surface area (Å²) in [7, 11) is 0. The van der Waals surface area contributed by atoms with E-state index in [1.807, 2.05) is 6.07 Å². The van der Waals surface area contributed by atoms with Crippen LogP contribution in [0.15, 0.2) is 35.9 Å². The molecule has 0 unspecified atom stereocenters. The second kappa shape index (κ2) is 7.95. The van der Waals surface area contributed by atoms with Crippen molar-refractivity contribution in [2.24, 2.45) is 17.6 Å². The predicted molar refractivity (Wildman–Crippen MR) is 96.3 cm³/mol. The first-order valence-electron chi connectivity index (χ1n) is 8.99. The Bertz CT molecular complexity index is 577. The molecule has 1 aromatic rings. The zero-order valence-electron chi connectivity index (χ0n) is 14.5. The SMILES string of the molecule is CC(=Cc1ccccc1)CN1CCC([C@H]2OCC[C@@H]2C(N)=O)CC1. The van der Waals surface area contributed by atoms with Gasteiger partial charge in [-0.2, -0.15) is 0 Å². The lowest BCUT2D eigenvalue weighted by Crippen LogP contribution is -2.42. The topological polar surface area (TPSA) is 55.6 Å². The highest BCUT2D eigenvalue weighted by atomic mass is 16.5. The number of benzene rings is 1. The summed E-state index contributed by atoms with van der Waals surface area (Å²) in [5, 5.41) is 0. The molecule has 0 saturated carbocycles. The first kappa shape index (κ1) is 17.2. The van der Waals surface area contributed by atoms with Crippen LogP contribution >= 0.6 is 0 Å². The van der Waals surface area contributed by atoms with E-state index in [9.17, 15) is 4.79 Å². The summed E-state index contributed by atoms with van der Waals surface area (Å²) in [5.41, 5.74) is 8.16. The molecule has 1 amide bonds. The molecule has 24 heavy (non-hydrogen) atoms.